The fraction of sp³-hybridized carbons (Fsp3) is 0.625. The Bertz CT molecular complexity index is 377. The molecule has 6 nitrogen and oxygen atoms in total. The van der Waals surface area contributed by atoms with Gasteiger partial charge in [0, 0.05) is 23.2 Å². The Kier molecular flexibility index (Phi) is 3.11. The van der Waals surface area contributed by atoms with Gasteiger partial charge in [0.25, 0.3) is 0 Å². The second kappa shape index (κ2) is 4.13. The molecular weight excluding hydrogens is 182 g/mol. The standard InChI is InChI=1S/C8H13N5O/c1-5-8(6(2)13(3)11-5)7(14)4-10-12-9/h7,14H,4H2,1-3H3/t7-/m0/s1. The molecule has 14 heavy (non-hydrogen) atoms. The van der Waals surface area contributed by atoms with Crippen LogP contribution in [0.3, 0.4) is 0 Å². The molecule has 0 aliphatic carbocycles. The molecule has 0 radical (unpaired) electrons. The number of aryl methyl sites for hydroxylation is 2. The molecule has 1 atom stereocenters. The van der Waals surface area contributed by atoms with Crippen molar-refractivity contribution in [3.05, 3.63) is 27.4 Å². The Morgan fingerprint density at radius 1 is 1.64 bits per heavy atom. The zero-order valence-corrected chi connectivity index (χ0v) is 8.47. The third kappa shape index (κ3) is 1.86. The molecule has 1 aromatic rings. The Labute approximate surface area is 81.8 Å². The van der Waals surface area contributed by atoms with E-state index in [0.29, 0.717) is 0 Å². The van der Waals surface area contributed by atoms with Gasteiger partial charge in [-0.1, -0.05) is 5.11 Å². The fourth-order valence-electron chi connectivity index (χ4n) is 1.48. The quantitative estimate of drug-likeness (QED) is 0.448. The predicted octanol–water partition coefficient (Wildman–Crippen LogP) is 1.38. The van der Waals surface area contributed by atoms with Gasteiger partial charge in [-0.3, -0.25) is 4.68 Å². The summed E-state index contributed by atoms with van der Waals surface area (Å²) >= 11 is 0. The molecular formula is C8H13N5O. The van der Waals surface area contributed by atoms with Gasteiger partial charge in [-0.15, -0.1) is 0 Å². The van der Waals surface area contributed by atoms with Crippen molar-refractivity contribution in [1.82, 2.24) is 9.78 Å². The van der Waals surface area contributed by atoms with Gasteiger partial charge in [0.1, 0.15) is 0 Å². The number of rotatable bonds is 3. The van der Waals surface area contributed by atoms with Gasteiger partial charge >= 0.3 is 0 Å². The lowest BCUT2D eigenvalue weighted by atomic mass is 10.1. The van der Waals surface area contributed by atoms with E-state index in [1.165, 1.54) is 0 Å². The highest BCUT2D eigenvalue weighted by molar-refractivity contribution is 5.27. The van der Waals surface area contributed by atoms with Crippen molar-refractivity contribution in [2.75, 3.05) is 6.54 Å². The van der Waals surface area contributed by atoms with Crippen molar-refractivity contribution in [1.29, 1.82) is 0 Å². The summed E-state index contributed by atoms with van der Waals surface area (Å²) in [4.78, 5) is 2.61. The number of nitrogens with zero attached hydrogens (tertiary/aromatic N) is 5. The summed E-state index contributed by atoms with van der Waals surface area (Å²) < 4.78 is 1.70. The number of azide groups is 1. The summed E-state index contributed by atoms with van der Waals surface area (Å²) in [6, 6.07) is 0. The van der Waals surface area contributed by atoms with E-state index in [1.54, 1.807) is 4.68 Å². The van der Waals surface area contributed by atoms with E-state index in [0.717, 1.165) is 17.0 Å². The first-order chi connectivity index (χ1) is 6.57. The minimum atomic E-state index is -0.764. The summed E-state index contributed by atoms with van der Waals surface area (Å²) in [5, 5.41) is 17.2. The monoisotopic (exact) mass is 195 g/mol. The maximum Gasteiger partial charge on any atom is 0.0882 e. The minimum Gasteiger partial charge on any atom is -0.388 e. The first kappa shape index (κ1) is 10.6. The van der Waals surface area contributed by atoms with E-state index in [2.05, 4.69) is 15.1 Å². The van der Waals surface area contributed by atoms with Crippen LogP contribution in [0, 0.1) is 13.8 Å². The zero-order chi connectivity index (χ0) is 10.7. The molecule has 0 aromatic carbocycles. The minimum absolute atomic E-state index is 0.0455. The molecule has 76 valence electrons. The summed E-state index contributed by atoms with van der Waals surface area (Å²) in [5.41, 5.74) is 10.5. The van der Waals surface area contributed by atoms with Crippen molar-refractivity contribution >= 4 is 0 Å². The molecule has 6 heteroatoms. The number of aliphatic hydroxyl groups excluding tert-OH is 1. The molecule has 0 fully saturated rings. The topological polar surface area (TPSA) is 86.8 Å². The Morgan fingerprint density at radius 2 is 2.29 bits per heavy atom. The van der Waals surface area contributed by atoms with Crippen LogP contribution < -0.4 is 0 Å². The van der Waals surface area contributed by atoms with Crippen LogP contribution in [0.5, 0.6) is 0 Å². The van der Waals surface area contributed by atoms with Gasteiger partial charge < -0.3 is 5.11 Å². The van der Waals surface area contributed by atoms with Crippen LogP contribution in [0.1, 0.15) is 23.1 Å². The molecule has 0 spiro atoms. The summed E-state index contributed by atoms with van der Waals surface area (Å²) in [5.74, 6) is 0. The Hall–Kier alpha value is -1.52. The van der Waals surface area contributed by atoms with Crippen LogP contribution in [0.25, 0.3) is 10.4 Å². The second-order valence-corrected chi connectivity index (χ2v) is 3.14. The average molecular weight is 195 g/mol. The van der Waals surface area contributed by atoms with Crippen LogP contribution in [-0.4, -0.2) is 21.4 Å². The van der Waals surface area contributed by atoms with Crippen LogP contribution in [-0.2, 0) is 7.05 Å². The van der Waals surface area contributed by atoms with E-state index < -0.39 is 6.10 Å². The molecule has 1 heterocycles. The molecule has 0 amide bonds. The van der Waals surface area contributed by atoms with Crippen LogP contribution >= 0.6 is 0 Å². The zero-order valence-electron chi connectivity index (χ0n) is 8.47. The lowest BCUT2D eigenvalue weighted by molar-refractivity contribution is 0.185. The predicted molar refractivity (Wildman–Crippen MR) is 51.7 cm³/mol. The van der Waals surface area contributed by atoms with Gasteiger partial charge in [0.15, 0.2) is 0 Å². The third-order valence-electron chi connectivity index (χ3n) is 2.22. The number of aliphatic hydroxyl groups is 1. The van der Waals surface area contributed by atoms with Crippen LogP contribution in [0.15, 0.2) is 5.11 Å². The number of aromatic nitrogens is 2. The maximum absolute atomic E-state index is 9.71. The van der Waals surface area contributed by atoms with Crippen molar-refractivity contribution in [3.8, 4) is 0 Å². The molecule has 1 N–H and O–H groups in total. The van der Waals surface area contributed by atoms with Crippen LogP contribution in [0.2, 0.25) is 0 Å². The number of hydrogen-bond acceptors (Lipinski definition) is 3. The lowest BCUT2D eigenvalue weighted by Gasteiger charge is -2.07. The molecule has 1 aromatic heterocycles. The van der Waals surface area contributed by atoms with Gasteiger partial charge in [0.2, 0.25) is 0 Å². The molecule has 0 aliphatic heterocycles. The van der Waals surface area contributed by atoms with E-state index in [4.69, 9.17) is 5.53 Å². The first-order valence-electron chi connectivity index (χ1n) is 4.27. The molecule has 0 bridgehead atoms. The fourth-order valence-corrected chi connectivity index (χ4v) is 1.48. The van der Waals surface area contributed by atoms with Crippen molar-refractivity contribution < 1.29 is 5.11 Å². The average Bonchev–Trinajstić information content (AvgIpc) is 2.38. The molecule has 0 saturated carbocycles. The largest absolute Gasteiger partial charge is 0.388 e. The van der Waals surface area contributed by atoms with Crippen molar-refractivity contribution in [3.63, 3.8) is 0 Å². The summed E-state index contributed by atoms with van der Waals surface area (Å²) in [7, 11) is 1.81. The van der Waals surface area contributed by atoms with Crippen molar-refractivity contribution in [2.24, 2.45) is 12.2 Å². The summed E-state index contributed by atoms with van der Waals surface area (Å²) in [6.45, 7) is 3.74. The second-order valence-electron chi connectivity index (χ2n) is 3.14. The molecule has 0 saturated heterocycles. The van der Waals surface area contributed by atoms with Crippen LogP contribution in [0.4, 0.5) is 0 Å². The number of hydrogen-bond donors (Lipinski definition) is 1. The van der Waals surface area contributed by atoms with Crippen molar-refractivity contribution in [2.45, 2.75) is 20.0 Å². The lowest BCUT2D eigenvalue weighted by Crippen LogP contribution is -2.04. The third-order valence-corrected chi connectivity index (χ3v) is 2.22. The van der Waals surface area contributed by atoms with E-state index in [9.17, 15) is 5.11 Å². The summed E-state index contributed by atoms with van der Waals surface area (Å²) in [6.07, 6.45) is -0.764. The van der Waals surface area contributed by atoms with Gasteiger partial charge in [-0.2, -0.15) is 5.10 Å². The van der Waals surface area contributed by atoms with Gasteiger partial charge in [-0.25, -0.2) is 0 Å². The smallest absolute Gasteiger partial charge is 0.0882 e. The highest BCUT2D eigenvalue weighted by atomic mass is 16.3. The Morgan fingerprint density at radius 3 is 2.71 bits per heavy atom. The van der Waals surface area contributed by atoms with E-state index in [-0.39, 0.29) is 6.54 Å². The van der Waals surface area contributed by atoms with Gasteiger partial charge in [0.05, 0.1) is 18.3 Å². The Balaban J connectivity index is 2.99. The first-order valence-corrected chi connectivity index (χ1v) is 4.27. The highest BCUT2D eigenvalue weighted by Crippen LogP contribution is 2.20. The van der Waals surface area contributed by atoms with E-state index >= 15 is 0 Å². The van der Waals surface area contributed by atoms with Gasteiger partial charge in [-0.05, 0) is 19.4 Å². The SMILES string of the molecule is Cc1nn(C)c(C)c1[C@@H](O)CN=[N+]=[N-]. The normalized spacial score (nSPS) is 12.3. The maximum atomic E-state index is 9.71. The molecule has 0 aliphatic rings. The van der Waals surface area contributed by atoms with E-state index in [1.807, 2.05) is 20.9 Å². The molecule has 0 unspecified atom stereocenters. The molecule has 1 rings (SSSR count). The highest BCUT2D eigenvalue weighted by Gasteiger charge is 2.16.